The standard InChI is InChI=1S/C23H24N6O2S/c1-14-13-15(2)28(26-14)20-11-12-21(30)29(27-20)17-9-7-16(8-10-17)24-22(31)23-25-18-5-3-4-6-19(18)32-23/h3-6,11-13,16-17H,7-10H2,1-2H3,(H,24,31). The van der Waals surface area contributed by atoms with E-state index in [1.165, 1.54) is 11.3 Å². The number of carbonyl (C=O) groups is 1. The molecule has 1 fully saturated rings. The quantitative estimate of drug-likeness (QED) is 0.515. The Morgan fingerprint density at radius 3 is 2.56 bits per heavy atom. The van der Waals surface area contributed by atoms with Crippen molar-refractivity contribution in [1.82, 2.24) is 29.9 Å². The number of hydrogen-bond donors (Lipinski definition) is 1. The highest BCUT2D eigenvalue weighted by molar-refractivity contribution is 7.20. The predicted molar refractivity (Wildman–Crippen MR) is 123 cm³/mol. The third kappa shape index (κ3) is 3.95. The van der Waals surface area contributed by atoms with Crippen molar-refractivity contribution in [2.24, 2.45) is 0 Å². The third-order valence-electron chi connectivity index (χ3n) is 5.90. The summed E-state index contributed by atoms with van der Waals surface area (Å²) in [5.41, 5.74) is 2.62. The molecule has 3 heterocycles. The molecule has 5 rings (SSSR count). The van der Waals surface area contributed by atoms with Gasteiger partial charge in [0.15, 0.2) is 10.8 Å². The van der Waals surface area contributed by atoms with Gasteiger partial charge in [-0.15, -0.1) is 16.4 Å². The van der Waals surface area contributed by atoms with E-state index >= 15 is 0 Å². The summed E-state index contributed by atoms with van der Waals surface area (Å²) in [7, 11) is 0. The SMILES string of the molecule is Cc1cc(C)n(-c2ccc(=O)n(C3CCC(NC(=O)c4nc5ccccc5s4)CC3)n2)n1. The van der Waals surface area contributed by atoms with Crippen LogP contribution in [0.2, 0.25) is 0 Å². The fourth-order valence-electron chi connectivity index (χ4n) is 4.33. The molecule has 1 N–H and O–H groups in total. The van der Waals surface area contributed by atoms with Gasteiger partial charge >= 0.3 is 0 Å². The number of thiazole rings is 1. The Kier molecular flexibility index (Phi) is 5.34. The van der Waals surface area contributed by atoms with Gasteiger partial charge in [0, 0.05) is 17.8 Å². The van der Waals surface area contributed by atoms with Gasteiger partial charge in [0.05, 0.1) is 22.0 Å². The van der Waals surface area contributed by atoms with Crippen LogP contribution in [0.1, 0.15) is 52.9 Å². The highest BCUT2D eigenvalue weighted by atomic mass is 32.1. The number of carbonyl (C=O) groups excluding carboxylic acids is 1. The summed E-state index contributed by atoms with van der Waals surface area (Å²) in [6.07, 6.45) is 3.13. The molecule has 0 spiro atoms. The summed E-state index contributed by atoms with van der Waals surface area (Å²) >= 11 is 1.41. The van der Waals surface area contributed by atoms with Crippen molar-refractivity contribution in [3.05, 3.63) is 69.2 Å². The average Bonchev–Trinajstić information content (AvgIpc) is 3.37. The number of benzene rings is 1. The largest absolute Gasteiger partial charge is 0.347 e. The number of para-hydroxylation sites is 1. The number of fused-ring (bicyclic) bond motifs is 1. The lowest BCUT2D eigenvalue weighted by atomic mass is 9.91. The molecule has 1 amide bonds. The Morgan fingerprint density at radius 1 is 1.06 bits per heavy atom. The minimum absolute atomic E-state index is 0.00928. The van der Waals surface area contributed by atoms with Crippen LogP contribution in [0, 0.1) is 13.8 Å². The average molecular weight is 449 g/mol. The second-order valence-electron chi connectivity index (χ2n) is 8.28. The summed E-state index contributed by atoms with van der Waals surface area (Å²) < 4.78 is 4.35. The molecule has 1 aliphatic rings. The van der Waals surface area contributed by atoms with E-state index in [1.54, 1.807) is 21.5 Å². The number of nitrogens with one attached hydrogen (secondary N) is 1. The number of hydrogen-bond acceptors (Lipinski definition) is 6. The zero-order chi connectivity index (χ0) is 22.2. The Bertz CT molecular complexity index is 1310. The number of amides is 1. The van der Waals surface area contributed by atoms with E-state index in [0.29, 0.717) is 10.8 Å². The maximum atomic E-state index is 12.7. The number of aryl methyl sites for hydroxylation is 2. The molecule has 0 saturated heterocycles. The van der Waals surface area contributed by atoms with Crippen LogP contribution in [0.4, 0.5) is 0 Å². The molecule has 1 aromatic carbocycles. The van der Waals surface area contributed by atoms with Gasteiger partial charge in [-0.3, -0.25) is 9.59 Å². The van der Waals surface area contributed by atoms with Crippen molar-refractivity contribution in [1.29, 1.82) is 0 Å². The van der Waals surface area contributed by atoms with Gasteiger partial charge in [0.25, 0.3) is 11.5 Å². The van der Waals surface area contributed by atoms with Gasteiger partial charge in [0.1, 0.15) is 0 Å². The van der Waals surface area contributed by atoms with Crippen molar-refractivity contribution in [3.8, 4) is 5.82 Å². The first-order valence-corrected chi connectivity index (χ1v) is 11.6. The van der Waals surface area contributed by atoms with Gasteiger partial charge in [-0.2, -0.15) is 5.10 Å². The molecule has 32 heavy (non-hydrogen) atoms. The van der Waals surface area contributed by atoms with Gasteiger partial charge < -0.3 is 5.32 Å². The molecule has 8 nitrogen and oxygen atoms in total. The summed E-state index contributed by atoms with van der Waals surface area (Å²) in [5.74, 6) is 0.512. The van der Waals surface area contributed by atoms with Crippen molar-refractivity contribution in [2.45, 2.75) is 51.6 Å². The van der Waals surface area contributed by atoms with E-state index in [-0.39, 0.29) is 23.6 Å². The molecule has 1 aliphatic carbocycles. The molecule has 164 valence electrons. The number of nitrogens with zero attached hydrogens (tertiary/aromatic N) is 5. The van der Waals surface area contributed by atoms with Crippen LogP contribution >= 0.6 is 11.3 Å². The number of aromatic nitrogens is 5. The van der Waals surface area contributed by atoms with Gasteiger partial charge in [-0.05, 0) is 63.8 Å². The predicted octanol–water partition coefficient (Wildman–Crippen LogP) is 3.57. The fourth-order valence-corrected chi connectivity index (χ4v) is 5.20. The van der Waals surface area contributed by atoms with Crippen molar-refractivity contribution < 1.29 is 4.79 Å². The Morgan fingerprint density at radius 2 is 1.84 bits per heavy atom. The molecule has 0 aliphatic heterocycles. The first-order chi connectivity index (χ1) is 15.5. The molecule has 0 atom stereocenters. The molecule has 0 unspecified atom stereocenters. The monoisotopic (exact) mass is 448 g/mol. The van der Waals surface area contributed by atoms with E-state index in [1.807, 2.05) is 44.2 Å². The topological polar surface area (TPSA) is 94.7 Å². The zero-order valence-electron chi connectivity index (χ0n) is 18.0. The van der Waals surface area contributed by atoms with Crippen LogP contribution in [0.5, 0.6) is 0 Å². The maximum absolute atomic E-state index is 12.7. The van der Waals surface area contributed by atoms with Crippen molar-refractivity contribution in [2.75, 3.05) is 0 Å². The van der Waals surface area contributed by atoms with Crippen LogP contribution < -0.4 is 10.9 Å². The first-order valence-electron chi connectivity index (χ1n) is 10.8. The van der Waals surface area contributed by atoms with E-state index in [9.17, 15) is 9.59 Å². The zero-order valence-corrected chi connectivity index (χ0v) is 18.8. The van der Waals surface area contributed by atoms with Crippen molar-refractivity contribution >= 4 is 27.5 Å². The lowest BCUT2D eigenvalue weighted by molar-refractivity contribution is 0.0921. The van der Waals surface area contributed by atoms with E-state index in [0.717, 1.165) is 47.3 Å². The first kappa shape index (κ1) is 20.6. The summed E-state index contributed by atoms with van der Waals surface area (Å²) in [6, 6.07) is 13.1. The Balaban J connectivity index is 1.26. The van der Waals surface area contributed by atoms with Crippen LogP contribution in [-0.2, 0) is 0 Å². The van der Waals surface area contributed by atoms with Crippen LogP contribution in [0.25, 0.3) is 16.0 Å². The van der Waals surface area contributed by atoms with Crippen LogP contribution in [-0.4, -0.2) is 36.5 Å². The molecular formula is C23H24N6O2S. The molecule has 3 aromatic heterocycles. The van der Waals surface area contributed by atoms with E-state index in [2.05, 4.69) is 20.5 Å². The highest BCUT2D eigenvalue weighted by Gasteiger charge is 2.26. The fraction of sp³-hybridized carbons (Fsp3) is 0.348. The normalized spacial score (nSPS) is 18.7. The second-order valence-corrected chi connectivity index (χ2v) is 9.31. The molecular weight excluding hydrogens is 424 g/mol. The summed E-state index contributed by atoms with van der Waals surface area (Å²) in [6.45, 7) is 3.90. The van der Waals surface area contributed by atoms with Crippen LogP contribution in [0.3, 0.4) is 0 Å². The molecule has 9 heteroatoms. The van der Waals surface area contributed by atoms with Crippen molar-refractivity contribution in [3.63, 3.8) is 0 Å². The highest BCUT2D eigenvalue weighted by Crippen LogP contribution is 2.28. The smallest absolute Gasteiger partial charge is 0.280 e. The van der Waals surface area contributed by atoms with Gasteiger partial charge in [-0.1, -0.05) is 12.1 Å². The van der Waals surface area contributed by atoms with E-state index < -0.39 is 0 Å². The Hall–Kier alpha value is -3.33. The van der Waals surface area contributed by atoms with E-state index in [4.69, 9.17) is 0 Å². The molecule has 4 aromatic rings. The minimum atomic E-state index is -0.128. The van der Waals surface area contributed by atoms with Gasteiger partial charge in [-0.25, -0.2) is 14.3 Å². The molecule has 0 bridgehead atoms. The lowest BCUT2D eigenvalue weighted by Crippen LogP contribution is -2.39. The number of rotatable bonds is 4. The second kappa shape index (κ2) is 8.31. The Labute approximate surface area is 188 Å². The molecule has 1 saturated carbocycles. The lowest BCUT2D eigenvalue weighted by Gasteiger charge is -2.29. The summed E-state index contributed by atoms with van der Waals surface area (Å²) in [5, 5.41) is 12.7. The summed E-state index contributed by atoms with van der Waals surface area (Å²) in [4.78, 5) is 29.6. The minimum Gasteiger partial charge on any atom is -0.347 e. The maximum Gasteiger partial charge on any atom is 0.280 e. The molecule has 0 radical (unpaired) electrons. The third-order valence-corrected chi connectivity index (χ3v) is 6.94. The van der Waals surface area contributed by atoms with Crippen LogP contribution in [0.15, 0.2) is 47.3 Å². The van der Waals surface area contributed by atoms with Gasteiger partial charge in [0.2, 0.25) is 0 Å².